The Kier molecular flexibility index (Phi) is 5.45. The third kappa shape index (κ3) is 3.60. The number of para-hydroxylation sites is 1. The molecule has 2 rings (SSSR count). The molecule has 0 aliphatic carbocycles. The number of fused-ring (bicyclic) bond motifs is 1. The van der Waals surface area contributed by atoms with Gasteiger partial charge in [-0.05, 0) is 26.0 Å². The van der Waals surface area contributed by atoms with E-state index in [-0.39, 0.29) is 24.3 Å². The molecule has 0 N–H and O–H groups in total. The molecule has 1 atom stereocenters. The Balaban J connectivity index is 2.13. The lowest BCUT2D eigenvalue weighted by molar-refractivity contribution is -0.131. The van der Waals surface area contributed by atoms with Crippen LogP contribution in [0.4, 0.5) is 5.69 Å². The Hall–Kier alpha value is -2.00. The number of carbonyl (C=O) groups excluding carboxylic acids is 2. The number of hydrogen-bond acceptors (Lipinski definition) is 4. The van der Waals surface area contributed by atoms with Gasteiger partial charge in [0.05, 0.1) is 23.4 Å². The van der Waals surface area contributed by atoms with Gasteiger partial charge in [-0.15, -0.1) is 11.8 Å². The van der Waals surface area contributed by atoms with Crippen molar-refractivity contribution in [3.63, 3.8) is 0 Å². The molecule has 1 aromatic carbocycles. The predicted octanol–water partition coefficient (Wildman–Crippen LogP) is 2.13. The first-order valence-electron chi connectivity index (χ1n) is 7.26. The van der Waals surface area contributed by atoms with Crippen LogP contribution in [-0.4, -0.2) is 42.1 Å². The largest absolute Gasteiger partial charge is 0.340 e. The predicted molar refractivity (Wildman–Crippen MR) is 86.6 cm³/mol. The molecular formula is C16H19N3O2S. The summed E-state index contributed by atoms with van der Waals surface area (Å²) in [4.78, 5) is 28.8. The monoisotopic (exact) mass is 317 g/mol. The number of nitrogens with zero attached hydrogens (tertiary/aromatic N) is 3. The summed E-state index contributed by atoms with van der Waals surface area (Å²) in [6, 6.07) is 9.75. The summed E-state index contributed by atoms with van der Waals surface area (Å²) < 4.78 is 0. The topological polar surface area (TPSA) is 64.4 Å². The fraction of sp³-hybridized carbons (Fsp3) is 0.438. The lowest BCUT2D eigenvalue weighted by Crippen LogP contribution is -2.46. The van der Waals surface area contributed by atoms with Gasteiger partial charge in [-0.1, -0.05) is 12.1 Å². The van der Waals surface area contributed by atoms with Crippen molar-refractivity contribution in [1.82, 2.24) is 4.90 Å². The average molecular weight is 317 g/mol. The summed E-state index contributed by atoms with van der Waals surface area (Å²) in [5.41, 5.74) is 0.793. The molecular weight excluding hydrogens is 298 g/mol. The Morgan fingerprint density at radius 3 is 2.91 bits per heavy atom. The number of benzene rings is 1. The van der Waals surface area contributed by atoms with E-state index in [4.69, 9.17) is 5.26 Å². The lowest BCUT2D eigenvalue weighted by atomic mass is 10.2. The van der Waals surface area contributed by atoms with Gasteiger partial charge in [0, 0.05) is 18.0 Å². The maximum Gasteiger partial charge on any atom is 0.242 e. The van der Waals surface area contributed by atoms with Crippen molar-refractivity contribution in [2.45, 2.75) is 18.7 Å². The number of likely N-dealkylation sites (N-methyl/N-ethyl adjacent to an activating group) is 1. The van der Waals surface area contributed by atoms with Gasteiger partial charge in [-0.3, -0.25) is 9.59 Å². The maximum absolute atomic E-state index is 12.5. The molecule has 5 nitrogen and oxygen atoms in total. The summed E-state index contributed by atoms with van der Waals surface area (Å²) in [5, 5.41) is 8.90. The van der Waals surface area contributed by atoms with Crippen LogP contribution in [0.15, 0.2) is 29.2 Å². The van der Waals surface area contributed by atoms with Crippen molar-refractivity contribution in [3.8, 4) is 6.07 Å². The van der Waals surface area contributed by atoms with E-state index >= 15 is 0 Å². The number of carbonyl (C=O) groups is 2. The fourth-order valence-corrected chi connectivity index (χ4v) is 3.28. The van der Waals surface area contributed by atoms with Crippen molar-refractivity contribution < 1.29 is 9.59 Å². The quantitative estimate of drug-likeness (QED) is 0.834. The van der Waals surface area contributed by atoms with E-state index in [9.17, 15) is 9.59 Å². The van der Waals surface area contributed by atoms with Gasteiger partial charge in [0.1, 0.15) is 6.54 Å². The molecule has 0 aromatic heterocycles. The van der Waals surface area contributed by atoms with E-state index in [0.29, 0.717) is 18.8 Å². The maximum atomic E-state index is 12.5. The van der Waals surface area contributed by atoms with E-state index in [1.54, 1.807) is 16.7 Å². The number of hydrogen-bond donors (Lipinski definition) is 0. The highest BCUT2D eigenvalue weighted by molar-refractivity contribution is 8.00. The third-order valence-electron chi connectivity index (χ3n) is 3.55. The molecule has 0 radical (unpaired) electrons. The summed E-state index contributed by atoms with van der Waals surface area (Å²) in [5.74, 6) is -0.0461. The molecule has 22 heavy (non-hydrogen) atoms. The van der Waals surface area contributed by atoms with Crippen LogP contribution in [0, 0.1) is 17.2 Å². The normalized spacial score (nSPS) is 15.0. The zero-order chi connectivity index (χ0) is 16.1. The number of anilines is 1. The second-order valence-corrected chi connectivity index (χ2v) is 6.22. The van der Waals surface area contributed by atoms with Crippen LogP contribution in [0.3, 0.4) is 0 Å². The van der Waals surface area contributed by atoms with Crippen LogP contribution < -0.4 is 4.90 Å². The fourth-order valence-electron chi connectivity index (χ4n) is 2.34. The van der Waals surface area contributed by atoms with Crippen LogP contribution in [0.1, 0.15) is 13.8 Å². The van der Waals surface area contributed by atoms with Crippen molar-refractivity contribution in [3.05, 3.63) is 24.3 Å². The van der Waals surface area contributed by atoms with E-state index < -0.39 is 0 Å². The minimum atomic E-state index is -0.219. The highest BCUT2D eigenvalue weighted by Crippen LogP contribution is 2.34. The molecule has 0 spiro atoms. The molecule has 1 heterocycles. The highest BCUT2D eigenvalue weighted by atomic mass is 32.2. The molecule has 0 saturated carbocycles. The minimum Gasteiger partial charge on any atom is -0.340 e. The smallest absolute Gasteiger partial charge is 0.242 e. The average Bonchev–Trinajstić information content (AvgIpc) is 2.54. The van der Waals surface area contributed by atoms with Gasteiger partial charge < -0.3 is 9.80 Å². The van der Waals surface area contributed by atoms with E-state index in [0.717, 1.165) is 10.6 Å². The van der Waals surface area contributed by atoms with Crippen molar-refractivity contribution in [2.24, 2.45) is 5.92 Å². The van der Waals surface area contributed by atoms with Crippen molar-refractivity contribution in [2.75, 3.05) is 30.3 Å². The molecule has 0 saturated heterocycles. The second kappa shape index (κ2) is 7.32. The second-order valence-electron chi connectivity index (χ2n) is 5.20. The molecule has 1 aliphatic rings. The van der Waals surface area contributed by atoms with E-state index in [1.807, 2.05) is 31.2 Å². The van der Waals surface area contributed by atoms with Gasteiger partial charge in [0.2, 0.25) is 11.8 Å². The molecule has 116 valence electrons. The molecule has 1 aliphatic heterocycles. The van der Waals surface area contributed by atoms with Crippen LogP contribution in [0.5, 0.6) is 0 Å². The number of rotatable bonds is 5. The first kappa shape index (κ1) is 16.4. The molecule has 1 unspecified atom stereocenters. The number of thioether (sulfide) groups is 1. The first-order valence-corrected chi connectivity index (χ1v) is 8.25. The van der Waals surface area contributed by atoms with E-state index in [1.165, 1.54) is 11.8 Å². The van der Waals surface area contributed by atoms with Gasteiger partial charge >= 0.3 is 0 Å². The highest BCUT2D eigenvalue weighted by Gasteiger charge is 2.27. The molecule has 1 aromatic rings. The van der Waals surface area contributed by atoms with Crippen molar-refractivity contribution >= 4 is 29.3 Å². The van der Waals surface area contributed by atoms with Crippen molar-refractivity contribution in [1.29, 1.82) is 5.26 Å². The summed E-state index contributed by atoms with van der Waals surface area (Å²) in [6.45, 7) is 4.62. The molecule has 0 fully saturated rings. The van der Waals surface area contributed by atoms with Gasteiger partial charge in [-0.25, -0.2) is 0 Å². The Morgan fingerprint density at radius 2 is 2.23 bits per heavy atom. The zero-order valence-electron chi connectivity index (χ0n) is 12.8. The van der Waals surface area contributed by atoms with Gasteiger partial charge in [-0.2, -0.15) is 5.26 Å². The molecule has 2 amide bonds. The summed E-state index contributed by atoms with van der Waals surface area (Å²) in [7, 11) is 0. The van der Waals surface area contributed by atoms with Crippen LogP contribution in [-0.2, 0) is 9.59 Å². The third-order valence-corrected chi connectivity index (χ3v) is 4.60. The summed E-state index contributed by atoms with van der Waals surface area (Å²) >= 11 is 1.50. The lowest BCUT2D eigenvalue weighted by Gasteiger charge is -2.31. The van der Waals surface area contributed by atoms with E-state index in [2.05, 4.69) is 6.07 Å². The number of amides is 2. The minimum absolute atomic E-state index is 0.0302. The SMILES string of the molecule is CCN(CC(C)C#N)C(=O)CN1C(=O)CSc2ccccc21. The Morgan fingerprint density at radius 1 is 1.50 bits per heavy atom. The summed E-state index contributed by atoms with van der Waals surface area (Å²) in [6.07, 6.45) is 0. The molecule has 6 heteroatoms. The van der Waals surface area contributed by atoms with Crippen LogP contribution in [0.25, 0.3) is 0 Å². The van der Waals surface area contributed by atoms with Crippen LogP contribution in [0.2, 0.25) is 0 Å². The Labute approximate surface area is 134 Å². The zero-order valence-corrected chi connectivity index (χ0v) is 13.6. The number of nitriles is 1. The Bertz CT molecular complexity index is 612. The van der Waals surface area contributed by atoms with Gasteiger partial charge in [0.25, 0.3) is 0 Å². The standard InChI is InChI=1S/C16H19N3O2S/c1-3-18(9-12(2)8-17)15(20)10-19-13-6-4-5-7-14(13)22-11-16(19)21/h4-7,12H,3,9-11H2,1-2H3. The molecule has 0 bridgehead atoms. The van der Waals surface area contributed by atoms with Crippen LogP contribution >= 0.6 is 11.8 Å². The first-order chi connectivity index (χ1) is 10.6. The van der Waals surface area contributed by atoms with Gasteiger partial charge in [0.15, 0.2) is 0 Å².